The highest BCUT2D eigenvalue weighted by Gasteiger charge is 2.13. The number of carbonyl (C=O) groups excluding carboxylic acids is 1. The maximum atomic E-state index is 13.4. The molecule has 0 atom stereocenters. The van der Waals surface area contributed by atoms with Gasteiger partial charge in [-0.1, -0.05) is 6.07 Å². The van der Waals surface area contributed by atoms with E-state index in [0.29, 0.717) is 34.6 Å². The molecule has 0 N–H and O–H groups in total. The zero-order valence-corrected chi connectivity index (χ0v) is 19.0. The second-order valence-electron chi connectivity index (χ2n) is 6.39. The summed E-state index contributed by atoms with van der Waals surface area (Å²) in [6, 6.07) is 16.4. The molecule has 2 aromatic carbocycles. The van der Waals surface area contributed by atoms with Crippen LogP contribution in [0.5, 0.6) is 0 Å². The highest BCUT2D eigenvalue weighted by Crippen LogP contribution is 2.19. The number of rotatable bonds is 5. The summed E-state index contributed by atoms with van der Waals surface area (Å²) in [4.78, 5) is 31.1. The number of hydrogen-bond donors (Lipinski definition) is 0. The van der Waals surface area contributed by atoms with Gasteiger partial charge in [0.05, 0.1) is 28.8 Å². The molecule has 150 valence electrons. The van der Waals surface area contributed by atoms with Crippen molar-refractivity contribution in [1.82, 2.24) is 9.55 Å². The van der Waals surface area contributed by atoms with Crippen molar-refractivity contribution in [2.45, 2.75) is 6.92 Å². The molecule has 0 radical (unpaired) electrons. The molecule has 5 nitrogen and oxygen atoms in total. The SMILES string of the molecule is CCOC(=O)c1ccc(-n2c(/C=C/c3cccs3)nc3ccc(I)cc3c2=O)cc1. The van der Waals surface area contributed by atoms with Crippen LogP contribution < -0.4 is 5.56 Å². The number of benzene rings is 2. The first kappa shape index (κ1) is 20.5. The first-order valence-corrected chi connectivity index (χ1v) is 11.2. The Balaban J connectivity index is 1.87. The van der Waals surface area contributed by atoms with E-state index < -0.39 is 0 Å². The Bertz CT molecular complexity index is 1290. The summed E-state index contributed by atoms with van der Waals surface area (Å²) in [5, 5.41) is 2.54. The van der Waals surface area contributed by atoms with Crippen LogP contribution in [0.1, 0.15) is 28.0 Å². The monoisotopic (exact) mass is 528 g/mol. The van der Waals surface area contributed by atoms with Crippen molar-refractivity contribution in [3.8, 4) is 5.69 Å². The number of halogens is 1. The standard InChI is InChI=1S/C23H17IN2O3S/c1-2-29-23(28)15-5-8-17(9-6-15)26-21(12-10-18-4-3-13-30-18)25-20-11-7-16(24)14-19(20)22(26)27/h3-14H,2H2,1H3/b12-10+. The van der Waals surface area contributed by atoms with E-state index in [4.69, 9.17) is 9.72 Å². The number of ether oxygens (including phenoxy) is 1. The maximum Gasteiger partial charge on any atom is 0.338 e. The Labute approximate surface area is 190 Å². The lowest BCUT2D eigenvalue weighted by Crippen LogP contribution is -2.22. The minimum Gasteiger partial charge on any atom is -0.462 e. The lowest BCUT2D eigenvalue weighted by atomic mass is 10.2. The molecule has 0 amide bonds. The van der Waals surface area contributed by atoms with Gasteiger partial charge in [0.1, 0.15) is 5.82 Å². The van der Waals surface area contributed by atoms with Gasteiger partial charge in [-0.3, -0.25) is 9.36 Å². The number of fused-ring (bicyclic) bond motifs is 1. The zero-order valence-electron chi connectivity index (χ0n) is 16.0. The van der Waals surface area contributed by atoms with Gasteiger partial charge in [0, 0.05) is 8.45 Å². The molecule has 0 unspecified atom stereocenters. The van der Waals surface area contributed by atoms with Crippen LogP contribution in [0.25, 0.3) is 28.7 Å². The van der Waals surface area contributed by atoms with Gasteiger partial charge < -0.3 is 4.74 Å². The Morgan fingerprint density at radius 3 is 2.67 bits per heavy atom. The summed E-state index contributed by atoms with van der Waals surface area (Å²) in [5.41, 5.74) is 1.55. The van der Waals surface area contributed by atoms with Gasteiger partial charge in [-0.2, -0.15) is 0 Å². The number of aromatic nitrogens is 2. The second-order valence-corrected chi connectivity index (χ2v) is 8.61. The number of esters is 1. The van der Waals surface area contributed by atoms with Crippen LogP contribution in [0.4, 0.5) is 0 Å². The van der Waals surface area contributed by atoms with Crippen molar-refractivity contribution < 1.29 is 9.53 Å². The fourth-order valence-electron chi connectivity index (χ4n) is 3.04. The molecule has 0 bridgehead atoms. The van der Waals surface area contributed by atoms with Crippen molar-refractivity contribution >= 4 is 63.0 Å². The van der Waals surface area contributed by atoms with E-state index in [1.807, 2.05) is 47.9 Å². The largest absolute Gasteiger partial charge is 0.462 e. The van der Waals surface area contributed by atoms with Crippen LogP contribution in [0.2, 0.25) is 0 Å². The first-order valence-electron chi connectivity index (χ1n) is 9.28. The van der Waals surface area contributed by atoms with E-state index in [0.717, 1.165) is 8.45 Å². The minimum atomic E-state index is -0.389. The van der Waals surface area contributed by atoms with Crippen LogP contribution in [0.3, 0.4) is 0 Å². The minimum absolute atomic E-state index is 0.159. The van der Waals surface area contributed by atoms with Crippen LogP contribution in [0, 0.1) is 3.57 Å². The molecule has 30 heavy (non-hydrogen) atoms. The quantitative estimate of drug-likeness (QED) is 0.257. The second kappa shape index (κ2) is 8.93. The van der Waals surface area contributed by atoms with Gasteiger partial charge in [0.15, 0.2) is 0 Å². The number of thiophene rings is 1. The average molecular weight is 528 g/mol. The molecule has 4 rings (SSSR count). The fourth-order valence-corrected chi connectivity index (χ4v) is 4.15. The van der Waals surface area contributed by atoms with Gasteiger partial charge >= 0.3 is 5.97 Å². The normalized spacial score (nSPS) is 11.3. The molecule has 0 aliphatic rings. The van der Waals surface area contributed by atoms with Crippen molar-refractivity contribution in [2.75, 3.05) is 6.61 Å². The van der Waals surface area contributed by atoms with Crippen molar-refractivity contribution in [1.29, 1.82) is 0 Å². The number of carbonyl (C=O) groups is 1. The molecule has 0 spiro atoms. The van der Waals surface area contributed by atoms with Crippen LogP contribution in [0.15, 0.2) is 64.8 Å². The Morgan fingerprint density at radius 2 is 1.97 bits per heavy atom. The van der Waals surface area contributed by atoms with E-state index in [1.165, 1.54) is 0 Å². The van der Waals surface area contributed by atoms with Crippen molar-refractivity contribution in [2.24, 2.45) is 0 Å². The summed E-state index contributed by atoms with van der Waals surface area (Å²) < 4.78 is 7.57. The predicted octanol–water partition coefficient (Wildman–Crippen LogP) is 5.40. The van der Waals surface area contributed by atoms with Crippen LogP contribution >= 0.6 is 33.9 Å². The fraction of sp³-hybridized carbons (Fsp3) is 0.0870. The van der Waals surface area contributed by atoms with E-state index in [-0.39, 0.29) is 11.5 Å². The molecule has 0 aliphatic heterocycles. The van der Waals surface area contributed by atoms with E-state index >= 15 is 0 Å². The molecule has 0 saturated heterocycles. The average Bonchev–Trinajstić information content (AvgIpc) is 3.27. The lowest BCUT2D eigenvalue weighted by Gasteiger charge is -2.12. The van der Waals surface area contributed by atoms with E-state index in [9.17, 15) is 9.59 Å². The molecular formula is C23H17IN2O3S. The Morgan fingerprint density at radius 1 is 1.17 bits per heavy atom. The summed E-state index contributed by atoms with van der Waals surface area (Å²) in [6.07, 6.45) is 3.78. The summed E-state index contributed by atoms with van der Waals surface area (Å²) in [6.45, 7) is 2.07. The topological polar surface area (TPSA) is 61.2 Å². The highest BCUT2D eigenvalue weighted by atomic mass is 127. The molecule has 2 aromatic heterocycles. The number of nitrogens with zero attached hydrogens (tertiary/aromatic N) is 2. The third kappa shape index (κ3) is 4.22. The van der Waals surface area contributed by atoms with Gasteiger partial charge in [-0.25, -0.2) is 9.78 Å². The highest BCUT2D eigenvalue weighted by molar-refractivity contribution is 14.1. The van der Waals surface area contributed by atoms with Crippen molar-refractivity contribution in [3.05, 3.63) is 90.2 Å². The maximum absolute atomic E-state index is 13.4. The van der Waals surface area contributed by atoms with Gasteiger partial charge in [0.2, 0.25) is 0 Å². The molecule has 0 aliphatic carbocycles. The van der Waals surface area contributed by atoms with Crippen LogP contribution in [-0.2, 0) is 4.74 Å². The Kier molecular flexibility index (Phi) is 6.10. The molecule has 0 fully saturated rings. The molecule has 4 aromatic rings. The molecule has 0 saturated carbocycles. The smallest absolute Gasteiger partial charge is 0.338 e. The first-order chi connectivity index (χ1) is 14.6. The lowest BCUT2D eigenvalue weighted by molar-refractivity contribution is 0.0526. The third-order valence-corrected chi connectivity index (χ3v) is 5.94. The van der Waals surface area contributed by atoms with E-state index in [1.54, 1.807) is 47.1 Å². The Hall–Kier alpha value is -2.78. The van der Waals surface area contributed by atoms with Crippen LogP contribution in [-0.4, -0.2) is 22.1 Å². The number of hydrogen-bond acceptors (Lipinski definition) is 5. The predicted molar refractivity (Wildman–Crippen MR) is 129 cm³/mol. The summed E-state index contributed by atoms with van der Waals surface area (Å²) in [7, 11) is 0. The van der Waals surface area contributed by atoms with E-state index in [2.05, 4.69) is 22.6 Å². The molecule has 2 heterocycles. The van der Waals surface area contributed by atoms with Gasteiger partial charge in [-0.15, -0.1) is 11.3 Å². The molecular weight excluding hydrogens is 511 g/mol. The van der Waals surface area contributed by atoms with Crippen molar-refractivity contribution in [3.63, 3.8) is 0 Å². The van der Waals surface area contributed by atoms with Gasteiger partial charge in [-0.05, 0) is 95.6 Å². The molecule has 7 heteroatoms. The summed E-state index contributed by atoms with van der Waals surface area (Å²) >= 11 is 3.79. The summed E-state index contributed by atoms with van der Waals surface area (Å²) in [5.74, 6) is 0.131. The zero-order chi connectivity index (χ0) is 21.1. The third-order valence-electron chi connectivity index (χ3n) is 4.43. The van der Waals surface area contributed by atoms with Gasteiger partial charge in [0.25, 0.3) is 5.56 Å².